The Morgan fingerprint density at radius 1 is 1.39 bits per heavy atom. The van der Waals surface area contributed by atoms with Crippen molar-refractivity contribution in [3.8, 4) is 5.75 Å². The normalized spacial score (nSPS) is 26.0. The van der Waals surface area contributed by atoms with Crippen molar-refractivity contribution in [1.29, 1.82) is 0 Å². The molecule has 0 saturated carbocycles. The highest BCUT2D eigenvalue weighted by Crippen LogP contribution is 2.34. The molecule has 0 aromatic carbocycles. The fourth-order valence-electron chi connectivity index (χ4n) is 3.71. The topological polar surface area (TPSA) is 86.7 Å². The van der Waals surface area contributed by atoms with E-state index in [-0.39, 0.29) is 5.92 Å². The van der Waals surface area contributed by atoms with Crippen LogP contribution >= 0.6 is 0 Å². The number of ether oxygens (including phenoxy) is 1. The second-order valence-corrected chi connectivity index (χ2v) is 6.22. The summed E-state index contributed by atoms with van der Waals surface area (Å²) in [5.41, 5.74) is -0.526. The summed E-state index contributed by atoms with van der Waals surface area (Å²) >= 11 is 0. The van der Waals surface area contributed by atoms with Crippen molar-refractivity contribution >= 4 is 6.09 Å². The molecule has 23 heavy (non-hydrogen) atoms. The van der Waals surface area contributed by atoms with E-state index in [0.717, 1.165) is 25.9 Å². The summed E-state index contributed by atoms with van der Waals surface area (Å²) in [6.07, 6.45) is 4.42. The highest BCUT2D eigenvalue weighted by molar-refractivity contribution is 5.66. The van der Waals surface area contributed by atoms with E-state index in [2.05, 4.69) is 15.6 Å². The van der Waals surface area contributed by atoms with Gasteiger partial charge in [-0.15, -0.1) is 0 Å². The average molecular weight is 320 g/mol. The molecule has 2 fully saturated rings. The van der Waals surface area contributed by atoms with Gasteiger partial charge in [-0.2, -0.15) is 0 Å². The molecule has 3 heterocycles. The predicted octanol–water partition coefficient (Wildman–Crippen LogP) is 0.782. The zero-order chi connectivity index (χ0) is 16.1. The molecule has 0 bridgehead atoms. The van der Waals surface area contributed by atoms with Gasteiger partial charge in [0.1, 0.15) is 12.4 Å². The monoisotopic (exact) mass is 320 g/mol. The number of nitrogens with one attached hydrogen (secondary N) is 2. The lowest BCUT2D eigenvalue weighted by molar-refractivity contribution is -0.0224. The fraction of sp³-hybridized carbons (Fsp3) is 0.625. The molecule has 126 valence electrons. The third-order valence-electron chi connectivity index (χ3n) is 4.93. The third kappa shape index (κ3) is 3.40. The molecule has 0 aliphatic carbocycles. The summed E-state index contributed by atoms with van der Waals surface area (Å²) in [6.45, 7) is 4.01. The van der Waals surface area contributed by atoms with Crippen LogP contribution in [0.1, 0.15) is 12.8 Å². The number of pyridine rings is 1. The van der Waals surface area contributed by atoms with Crippen molar-refractivity contribution in [3.63, 3.8) is 0 Å². The van der Waals surface area contributed by atoms with E-state index in [1.807, 2.05) is 12.1 Å². The Labute approximate surface area is 136 Å². The Hall–Kier alpha value is -1.86. The number of amides is 1. The van der Waals surface area contributed by atoms with Crippen LogP contribution in [0.2, 0.25) is 0 Å². The van der Waals surface area contributed by atoms with Crippen LogP contribution < -0.4 is 15.4 Å². The van der Waals surface area contributed by atoms with E-state index in [4.69, 9.17) is 4.74 Å². The number of hydrogen-bond donors (Lipinski definition) is 3. The van der Waals surface area contributed by atoms with Gasteiger partial charge in [-0.3, -0.25) is 9.88 Å². The maximum Gasteiger partial charge on any atom is 0.407 e. The minimum absolute atomic E-state index is 0.282. The van der Waals surface area contributed by atoms with Crippen LogP contribution in [0.3, 0.4) is 0 Å². The van der Waals surface area contributed by atoms with Crippen LogP contribution in [0, 0.1) is 5.92 Å². The number of carboxylic acid groups (broad SMARTS) is 1. The first kappa shape index (κ1) is 16.0. The first-order valence-corrected chi connectivity index (χ1v) is 8.17. The molecule has 1 aromatic rings. The minimum Gasteiger partial charge on any atom is -0.489 e. The molecule has 1 atom stereocenters. The molecule has 2 saturated heterocycles. The molecule has 3 rings (SSSR count). The zero-order valence-electron chi connectivity index (χ0n) is 13.2. The molecule has 7 nitrogen and oxygen atoms in total. The van der Waals surface area contributed by atoms with Gasteiger partial charge in [-0.1, -0.05) is 0 Å². The lowest BCUT2D eigenvalue weighted by Gasteiger charge is -2.51. The first-order valence-electron chi connectivity index (χ1n) is 8.17. The van der Waals surface area contributed by atoms with Crippen molar-refractivity contribution in [2.75, 3.05) is 39.3 Å². The van der Waals surface area contributed by atoms with E-state index in [9.17, 15) is 9.90 Å². The van der Waals surface area contributed by atoms with Crippen LogP contribution in [0.15, 0.2) is 24.5 Å². The summed E-state index contributed by atoms with van der Waals surface area (Å²) < 4.78 is 5.95. The molecule has 3 N–H and O–H groups in total. The van der Waals surface area contributed by atoms with Crippen molar-refractivity contribution in [2.24, 2.45) is 5.92 Å². The molecular formula is C16H24N4O3. The van der Waals surface area contributed by atoms with E-state index < -0.39 is 11.6 Å². The van der Waals surface area contributed by atoms with Gasteiger partial charge in [-0.25, -0.2) is 4.79 Å². The standard InChI is InChI=1S/C16H24N4O3/c21-15(22)20-9-8-19-11-16(20,13-3-6-17-7-4-13)12-23-14-2-1-5-18-10-14/h1-2,5,10,13,17,19H,3-4,6-9,11-12H2,(H,21,22). The number of aromatic nitrogens is 1. The van der Waals surface area contributed by atoms with Crippen LogP contribution in [-0.4, -0.2) is 66.0 Å². The number of rotatable bonds is 4. The molecule has 2 aliphatic heterocycles. The molecular weight excluding hydrogens is 296 g/mol. The van der Waals surface area contributed by atoms with Crippen molar-refractivity contribution in [3.05, 3.63) is 24.5 Å². The molecule has 0 radical (unpaired) electrons. The largest absolute Gasteiger partial charge is 0.489 e. The summed E-state index contributed by atoms with van der Waals surface area (Å²) in [5.74, 6) is 0.959. The quantitative estimate of drug-likeness (QED) is 0.760. The fourth-order valence-corrected chi connectivity index (χ4v) is 3.71. The van der Waals surface area contributed by atoms with Gasteiger partial charge in [0.2, 0.25) is 0 Å². The number of nitrogens with zero attached hydrogens (tertiary/aromatic N) is 2. The van der Waals surface area contributed by atoms with Crippen LogP contribution in [-0.2, 0) is 0 Å². The maximum atomic E-state index is 11.8. The SMILES string of the molecule is O=C(O)N1CCNCC1(COc1cccnc1)C1CCNCC1. The van der Waals surface area contributed by atoms with E-state index >= 15 is 0 Å². The molecule has 0 spiro atoms. The Bertz CT molecular complexity index is 521. The highest BCUT2D eigenvalue weighted by Gasteiger charge is 2.48. The predicted molar refractivity (Wildman–Crippen MR) is 85.7 cm³/mol. The first-order chi connectivity index (χ1) is 11.2. The second kappa shape index (κ2) is 7.14. The van der Waals surface area contributed by atoms with Crippen LogP contribution in [0.4, 0.5) is 4.79 Å². The van der Waals surface area contributed by atoms with Crippen LogP contribution in [0.25, 0.3) is 0 Å². The van der Waals surface area contributed by atoms with E-state index in [1.165, 1.54) is 0 Å². The summed E-state index contributed by atoms with van der Waals surface area (Å²) in [4.78, 5) is 17.5. The third-order valence-corrected chi connectivity index (χ3v) is 4.93. The number of carbonyl (C=O) groups is 1. The minimum atomic E-state index is -0.861. The Kier molecular flexibility index (Phi) is 4.97. The Morgan fingerprint density at radius 3 is 2.91 bits per heavy atom. The smallest absolute Gasteiger partial charge is 0.407 e. The molecule has 2 aliphatic rings. The summed E-state index contributed by atoms with van der Waals surface area (Å²) in [6, 6.07) is 3.67. The van der Waals surface area contributed by atoms with Gasteiger partial charge in [0.05, 0.1) is 11.7 Å². The van der Waals surface area contributed by atoms with Gasteiger partial charge in [0.15, 0.2) is 0 Å². The van der Waals surface area contributed by atoms with Crippen molar-refractivity contribution in [2.45, 2.75) is 18.4 Å². The van der Waals surface area contributed by atoms with Crippen LogP contribution in [0.5, 0.6) is 5.75 Å². The van der Waals surface area contributed by atoms with E-state index in [0.29, 0.717) is 32.0 Å². The lowest BCUT2D eigenvalue weighted by Crippen LogP contribution is -2.69. The lowest BCUT2D eigenvalue weighted by atomic mass is 9.76. The van der Waals surface area contributed by atoms with Gasteiger partial charge < -0.3 is 20.5 Å². The zero-order valence-corrected chi connectivity index (χ0v) is 13.2. The Balaban J connectivity index is 1.83. The number of hydrogen-bond acceptors (Lipinski definition) is 5. The molecule has 1 aromatic heterocycles. The average Bonchev–Trinajstić information content (AvgIpc) is 2.61. The Morgan fingerprint density at radius 2 is 2.22 bits per heavy atom. The molecule has 1 unspecified atom stereocenters. The second-order valence-electron chi connectivity index (χ2n) is 6.22. The summed E-state index contributed by atoms with van der Waals surface area (Å²) in [5, 5.41) is 16.4. The summed E-state index contributed by atoms with van der Waals surface area (Å²) in [7, 11) is 0. The molecule has 7 heteroatoms. The maximum absolute atomic E-state index is 11.8. The van der Waals surface area contributed by atoms with Gasteiger partial charge in [0.25, 0.3) is 0 Å². The van der Waals surface area contributed by atoms with Gasteiger partial charge >= 0.3 is 6.09 Å². The number of piperidine rings is 1. The van der Waals surface area contributed by atoms with Gasteiger partial charge in [0, 0.05) is 25.8 Å². The van der Waals surface area contributed by atoms with E-state index in [1.54, 1.807) is 17.3 Å². The van der Waals surface area contributed by atoms with Crippen molar-refractivity contribution in [1.82, 2.24) is 20.5 Å². The highest BCUT2D eigenvalue weighted by atomic mass is 16.5. The van der Waals surface area contributed by atoms with Gasteiger partial charge in [-0.05, 0) is 44.0 Å². The molecule has 1 amide bonds. The number of piperazine rings is 1. The van der Waals surface area contributed by atoms with Crippen molar-refractivity contribution < 1.29 is 14.6 Å².